The van der Waals surface area contributed by atoms with E-state index in [0.29, 0.717) is 18.0 Å². The largest absolute Gasteiger partial charge is 0.330 e. The van der Waals surface area contributed by atoms with Crippen LogP contribution >= 0.6 is 0 Å². The Hall–Kier alpha value is -1.61. The summed E-state index contributed by atoms with van der Waals surface area (Å²) < 4.78 is 2.33. The van der Waals surface area contributed by atoms with Gasteiger partial charge in [0.1, 0.15) is 0 Å². The molecule has 1 aliphatic rings. The van der Waals surface area contributed by atoms with E-state index in [1.165, 1.54) is 24.1 Å². The molecule has 1 aliphatic carbocycles. The summed E-state index contributed by atoms with van der Waals surface area (Å²) in [5.41, 5.74) is 2.66. The van der Waals surface area contributed by atoms with Crippen LogP contribution in [0.3, 0.4) is 0 Å². The molecule has 1 heterocycles. The molecule has 1 atom stereocenters. The average molecular weight is 269 g/mol. The first-order chi connectivity index (χ1) is 9.75. The number of benzene rings is 1. The Morgan fingerprint density at radius 3 is 2.65 bits per heavy atom. The van der Waals surface area contributed by atoms with E-state index in [1.54, 1.807) is 0 Å². The highest BCUT2D eigenvalue weighted by Gasteiger charge is 2.25. The molecule has 1 unspecified atom stereocenters. The second kappa shape index (κ2) is 5.80. The minimum atomic E-state index is 0.388. The van der Waals surface area contributed by atoms with Gasteiger partial charge in [0.2, 0.25) is 0 Å². The first-order valence-corrected chi connectivity index (χ1v) is 7.54. The van der Waals surface area contributed by atoms with Crippen LogP contribution < -0.4 is 5.32 Å². The normalized spacial score (nSPS) is 16.6. The Morgan fingerprint density at radius 2 is 2.00 bits per heavy atom. The number of nitrogens with zero attached hydrogens (tertiary/aromatic N) is 2. The van der Waals surface area contributed by atoms with Gasteiger partial charge in [-0.25, -0.2) is 4.98 Å². The number of hydrogen-bond donors (Lipinski definition) is 1. The molecule has 3 nitrogen and oxygen atoms in total. The molecule has 0 spiro atoms. The molecule has 3 rings (SSSR count). The van der Waals surface area contributed by atoms with Gasteiger partial charge in [0, 0.05) is 24.8 Å². The SMILES string of the molecule is CC(C)C(NCc1cncn1C1CC1)c1ccccc1. The van der Waals surface area contributed by atoms with Gasteiger partial charge in [-0.2, -0.15) is 0 Å². The molecule has 1 saturated carbocycles. The van der Waals surface area contributed by atoms with Crippen molar-refractivity contribution in [2.75, 3.05) is 0 Å². The third-order valence-electron chi connectivity index (χ3n) is 4.01. The van der Waals surface area contributed by atoms with Gasteiger partial charge in [0.05, 0.1) is 12.0 Å². The zero-order valence-corrected chi connectivity index (χ0v) is 12.3. The summed E-state index contributed by atoms with van der Waals surface area (Å²) in [6.45, 7) is 5.42. The van der Waals surface area contributed by atoms with E-state index in [1.807, 2.05) is 12.5 Å². The summed E-state index contributed by atoms with van der Waals surface area (Å²) in [6, 6.07) is 11.8. The molecule has 2 aromatic rings. The minimum Gasteiger partial charge on any atom is -0.330 e. The van der Waals surface area contributed by atoms with Gasteiger partial charge in [0.25, 0.3) is 0 Å². The van der Waals surface area contributed by atoms with E-state index in [2.05, 4.69) is 59.0 Å². The first-order valence-electron chi connectivity index (χ1n) is 7.54. The summed E-state index contributed by atoms with van der Waals surface area (Å²) in [4.78, 5) is 4.30. The molecule has 1 aromatic carbocycles. The van der Waals surface area contributed by atoms with Crippen molar-refractivity contribution in [2.24, 2.45) is 5.92 Å². The number of nitrogens with one attached hydrogen (secondary N) is 1. The molecule has 0 amide bonds. The number of imidazole rings is 1. The maximum atomic E-state index is 4.30. The molecule has 3 heteroatoms. The van der Waals surface area contributed by atoms with Crippen molar-refractivity contribution in [1.82, 2.24) is 14.9 Å². The molecule has 0 aliphatic heterocycles. The molecule has 1 fully saturated rings. The predicted molar refractivity (Wildman–Crippen MR) is 81.4 cm³/mol. The number of hydrogen-bond acceptors (Lipinski definition) is 2. The lowest BCUT2D eigenvalue weighted by Crippen LogP contribution is -2.26. The molecule has 106 valence electrons. The highest BCUT2D eigenvalue weighted by molar-refractivity contribution is 5.19. The Labute approximate surface area is 121 Å². The first kappa shape index (κ1) is 13.4. The van der Waals surface area contributed by atoms with Crippen molar-refractivity contribution in [3.05, 3.63) is 54.1 Å². The molecule has 0 saturated heterocycles. The van der Waals surface area contributed by atoms with Crippen LogP contribution in [-0.2, 0) is 6.54 Å². The van der Waals surface area contributed by atoms with Crippen molar-refractivity contribution in [3.63, 3.8) is 0 Å². The van der Waals surface area contributed by atoms with Crippen molar-refractivity contribution >= 4 is 0 Å². The van der Waals surface area contributed by atoms with E-state index >= 15 is 0 Å². The van der Waals surface area contributed by atoms with E-state index < -0.39 is 0 Å². The maximum Gasteiger partial charge on any atom is 0.0951 e. The van der Waals surface area contributed by atoms with Gasteiger partial charge in [-0.3, -0.25) is 0 Å². The third-order valence-corrected chi connectivity index (χ3v) is 4.01. The fourth-order valence-corrected chi connectivity index (χ4v) is 2.76. The monoisotopic (exact) mass is 269 g/mol. The van der Waals surface area contributed by atoms with Gasteiger partial charge in [0.15, 0.2) is 0 Å². The summed E-state index contributed by atoms with van der Waals surface area (Å²) in [6.07, 6.45) is 6.57. The Bertz CT molecular complexity index is 540. The van der Waals surface area contributed by atoms with Gasteiger partial charge >= 0.3 is 0 Å². The fraction of sp³-hybridized carbons (Fsp3) is 0.471. The quantitative estimate of drug-likeness (QED) is 0.866. The van der Waals surface area contributed by atoms with Crippen LogP contribution in [0.2, 0.25) is 0 Å². The van der Waals surface area contributed by atoms with Crippen LogP contribution in [-0.4, -0.2) is 9.55 Å². The second-order valence-electron chi connectivity index (χ2n) is 6.04. The van der Waals surface area contributed by atoms with Crippen molar-refractivity contribution in [1.29, 1.82) is 0 Å². The topological polar surface area (TPSA) is 29.9 Å². The Balaban J connectivity index is 1.69. The zero-order valence-electron chi connectivity index (χ0n) is 12.3. The van der Waals surface area contributed by atoms with E-state index in [9.17, 15) is 0 Å². The highest BCUT2D eigenvalue weighted by Crippen LogP contribution is 2.35. The van der Waals surface area contributed by atoms with E-state index in [0.717, 1.165) is 6.54 Å². The maximum absolute atomic E-state index is 4.30. The van der Waals surface area contributed by atoms with E-state index in [4.69, 9.17) is 0 Å². The van der Waals surface area contributed by atoms with Gasteiger partial charge in [-0.1, -0.05) is 44.2 Å². The smallest absolute Gasteiger partial charge is 0.0951 e. The molecule has 0 radical (unpaired) electrons. The van der Waals surface area contributed by atoms with E-state index in [-0.39, 0.29) is 0 Å². The lowest BCUT2D eigenvalue weighted by Gasteiger charge is -2.23. The lowest BCUT2D eigenvalue weighted by atomic mass is 9.96. The predicted octanol–water partition coefficient (Wildman–Crippen LogP) is 3.70. The standard InChI is InChI=1S/C17H23N3/c1-13(2)17(14-6-4-3-5-7-14)19-11-16-10-18-12-20(16)15-8-9-15/h3-7,10,12-13,15,17,19H,8-9,11H2,1-2H3. The second-order valence-corrected chi connectivity index (χ2v) is 6.04. The lowest BCUT2D eigenvalue weighted by molar-refractivity contribution is 0.404. The Kier molecular flexibility index (Phi) is 3.88. The molecular weight excluding hydrogens is 246 g/mol. The van der Waals surface area contributed by atoms with Crippen LogP contribution in [0.4, 0.5) is 0 Å². The molecule has 1 aromatic heterocycles. The molecular formula is C17H23N3. The summed E-state index contributed by atoms with van der Waals surface area (Å²) in [5.74, 6) is 0.565. The van der Waals surface area contributed by atoms with Crippen LogP contribution in [0.25, 0.3) is 0 Å². The van der Waals surface area contributed by atoms with Gasteiger partial charge in [-0.05, 0) is 24.3 Å². The van der Waals surface area contributed by atoms with Crippen LogP contribution in [0.1, 0.15) is 50.0 Å². The summed E-state index contributed by atoms with van der Waals surface area (Å²) in [7, 11) is 0. The number of rotatable bonds is 6. The number of aromatic nitrogens is 2. The third kappa shape index (κ3) is 2.93. The highest BCUT2D eigenvalue weighted by atomic mass is 15.1. The zero-order chi connectivity index (χ0) is 13.9. The van der Waals surface area contributed by atoms with Crippen molar-refractivity contribution in [3.8, 4) is 0 Å². The summed E-state index contributed by atoms with van der Waals surface area (Å²) >= 11 is 0. The molecule has 0 bridgehead atoms. The van der Waals surface area contributed by atoms with Gasteiger partial charge in [-0.15, -0.1) is 0 Å². The minimum absolute atomic E-state index is 0.388. The van der Waals surface area contributed by atoms with Crippen molar-refractivity contribution in [2.45, 2.75) is 45.3 Å². The van der Waals surface area contributed by atoms with Gasteiger partial charge < -0.3 is 9.88 Å². The van der Waals surface area contributed by atoms with Crippen LogP contribution in [0, 0.1) is 5.92 Å². The van der Waals surface area contributed by atoms with Crippen LogP contribution in [0.15, 0.2) is 42.9 Å². The summed E-state index contributed by atoms with van der Waals surface area (Å²) in [5, 5.41) is 3.70. The van der Waals surface area contributed by atoms with Crippen LogP contribution in [0.5, 0.6) is 0 Å². The molecule has 20 heavy (non-hydrogen) atoms. The average Bonchev–Trinajstić information content (AvgIpc) is 3.19. The Morgan fingerprint density at radius 1 is 1.25 bits per heavy atom. The van der Waals surface area contributed by atoms with Crippen molar-refractivity contribution < 1.29 is 0 Å². The molecule has 1 N–H and O–H groups in total. The fourth-order valence-electron chi connectivity index (χ4n) is 2.76.